The second-order valence-corrected chi connectivity index (χ2v) is 6.30. The molecule has 0 bridgehead atoms. The van der Waals surface area contributed by atoms with Crippen LogP contribution in [0, 0.1) is 5.41 Å². The first kappa shape index (κ1) is 16.1. The molecule has 2 rings (SSSR count). The second kappa shape index (κ2) is 6.22. The molecule has 1 heterocycles. The summed E-state index contributed by atoms with van der Waals surface area (Å²) in [7, 11) is 1.37. The van der Waals surface area contributed by atoms with Crippen molar-refractivity contribution < 1.29 is 14.3 Å². The molecule has 0 aliphatic heterocycles. The van der Waals surface area contributed by atoms with Crippen LogP contribution >= 0.6 is 0 Å². The van der Waals surface area contributed by atoms with Crippen LogP contribution in [0.25, 0.3) is 10.9 Å². The second-order valence-electron chi connectivity index (χ2n) is 6.30. The Bertz CT molecular complexity index is 695. The van der Waals surface area contributed by atoms with Crippen LogP contribution in [0.3, 0.4) is 0 Å². The smallest absolute Gasteiger partial charge is 0.305 e. The van der Waals surface area contributed by atoms with Crippen LogP contribution in [-0.2, 0) is 20.7 Å². The van der Waals surface area contributed by atoms with Crippen LogP contribution in [0.15, 0.2) is 24.3 Å². The molecule has 0 unspecified atom stereocenters. The van der Waals surface area contributed by atoms with Crippen LogP contribution in [0.5, 0.6) is 0 Å². The van der Waals surface area contributed by atoms with Crippen molar-refractivity contribution in [3.05, 3.63) is 29.8 Å². The highest BCUT2D eigenvalue weighted by atomic mass is 16.5. The number of amides is 1. The molecule has 1 aromatic carbocycles. The van der Waals surface area contributed by atoms with Gasteiger partial charge in [-0.2, -0.15) is 0 Å². The highest BCUT2D eigenvalue weighted by molar-refractivity contribution is 5.99. The third kappa shape index (κ3) is 3.47. The van der Waals surface area contributed by atoms with Gasteiger partial charge in [-0.1, -0.05) is 39.0 Å². The maximum absolute atomic E-state index is 12.2. The van der Waals surface area contributed by atoms with Gasteiger partial charge < -0.3 is 15.0 Å². The Morgan fingerprint density at radius 2 is 1.91 bits per heavy atom. The Balaban J connectivity index is 2.35. The standard InChI is InChI=1S/C17H22N2O3/c1-17(2,3)16(21)19-15-12(9-10-14(20)22-4)11-7-5-6-8-13(11)18-15/h5-8,18H,9-10H2,1-4H3,(H,19,21). The number of aromatic nitrogens is 1. The predicted octanol–water partition coefficient (Wildman–Crippen LogP) is 3.26. The van der Waals surface area contributed by atoms with E-state index >= 15 is 0 Å². The quantitative estimate of drug-likeness (QED) is 0.852. The Morgan fingerprint density at radius 3 is 2.55 bits per heavy atom. The van der Waals surface area contributed by atoms with Gasteiger partial charge in [-0.3, -0.25) is 9.59 Å². The number of anilines is 1. The molecule has 5 heteroatoms. The fourth-order valence-electron chi connectivity index (χ4n) is 2.20. The van der Waals surface area contributed by atoms with Crippen molar-refractivity contribution >= 4 is 28.6 Å². The zero-order valence-electron chi connectivity index (χ0n) is 13.4. The van der Waals surface area contributed by atoms with Gasteiger partial charge in [-0.25, -0.2) is 0 Å². The van der Waals surface area contributed by atoms with Crippen molar-refractivity contribution in [2.45, 2.75) is 33.6 Å². The summed E-state index contributed by atoms with van der Waals surface area (Å²) in [5.74, 6) is 0.321. The molecule has 0 atom stereocenters. The molecule has 0 saturated carbocycles. The lowest BCUT2D eigenvalue weighted by Crippen LogP contribution is -2.28. The molecular weight excluding hydrogens is 280 g/mol. The molecule has 1 aromatic heterocycles. The van der Waals surface area contributed by atoms with E-state index < -0.39 is 5.41 Å². The van der Waals surface area contributed by atoms with E-state index in [0.717, 1.165) is 16.5 Å². The van der Waals surface area contributed by atoms with Gasteiger partial charge in [0, 0.05) is 28.3 Å². The largest absolute Gasteiger partial charge is 0.469 e. The maximum atomic E-state index is 12.2. The monoisotopic (exact) mass is 302 g/mol. The van der Waals surface area contributed by atoms with E-state index in [-0.39, 0.29) is 18.3 Å². The van der Waals surface area contributed by atoms with E-state index in [1.165, 1.54) is 7.11 Å². The van der Waals surface area contributed by atoms with E-state index in [2.05, 4.69) is 10.3 Å². The highest BCUT2D eigenvalue weighted by Crippen LogP contribution is 2.29. The molecule has 0 radical (unpaired) electrons. The first-order chi connectivity index (χ1) is 10.3. The van der Waals surface area contributed by atoms with E-state index in [9.17, 15) is 9.59 Å². The third-order valence-electron chi connectivity index (χ3n) is 3.54. The normalized spacial score (nSPS) is 11.5. The minimum atomic E-state index is -0.489. The number of H-pyrrole nitrogens is 1. The van der Waals surface area contributed by atoms with Crippen molar-refractivity contribution in [1.82, 2.24) is 4.98 Å². The minimum absolute atomic E-state index is 0.0709. The molecule has 1 amide bonds. The first-order valence-electron chi connectivity index (χ1n) is 7.31. The summed E-state index contributed by atoms with van der Waals surface area (Å²) < 4.78 is 4.70. The van der Waals surface area contributed by atoms with Crippen molar-refractivity contribution in [3.8, 4) is 0 Å². The summed E-state index contributed by atoms with van der Waals surface area (Å²) in [4.78, 5) is 26.9. The summed E-state index contributed by atoms with van der Waals surface area (Å²) in [5.41, 5.74) is 1.38. The number of carbonyl (C=O) groups is 2. The lowest BCUT2D eigenvalue weighted by atomic mass is 9.95. The zero-order chi connectivity index (χ0) is 16.3. The number of hydrogen-bond donors (Lipinski definition) is 2. The number of aromatic amines is 1. The summed E-state index contributed by atoms with van der Waals surface area (Å²) in [5, 5.41) is 3.94. The predicted molar refractivity (Wildman–Crippen MR) is 86.7 cm³/mol. The summed E-state index contributed by atoms with van der Waals surface area (Å²) in [6.07, 6.45) is 0.785. The van der Waals surface area contributed by atoms with Gasteiger partial charge >= 0.3 is 5.97 Å². The Kier molecular flexibility index (Phi) is 4.54. The SMILES string of the molecule is COC(=O)CCc1c(NC(=O)C(C)(C)C)[nH]c2ccccc12. The molecule has 0 aliphatic rings. The van der Waals surface area contributed by atoms with Crippen molar-refractivity contribution in [2.24, 2.45) is 5.41 Å². The fraction of sp³-hybridized carbons (Fsp3) is 0.412. The molecule has 118 valence electrons. The van der Waals surface area contributed by atoms with Gasteiger partial charge in [0.25, 0.3) is 0 Å². The first-order valence-corrected chi connectivity index (χ1v) is 7.31. The Labute approximate surface area is 130 Å². The molecule has 0 fully saturated rings. The number of nitrogens with one attached hydrogen (secondary N) is 2. The Hall–Kier alpha value is -2.30. The van der Waals surface area contributed by atoms with E-state index in [0.29, 0.717) is 12.2 Å². The van der Waals surface area contributed by atoms with Crippen LogP contribution in [0.4, 0.5) is 5.82 Å². The lowest BCUT2D eigenvalue weighted by Gasteiger charge is -2.17. The van der Waals surface area contributed by atoms with E-state index in [1.807, 2.05) is 45.0 Å². The average Bonchev–Trinajstić information content (AvgIpc) is 2.81. The van der Waals surface area contributed by atoms with Crippen molar-refractivity contribution in [2.75, 3.05) is 12.4 Å². The Morgan fingerprint density at radius 1 is 1.23 bits per heavy atom. The topological polar surface area (TPSA) is 71.2 Å². The van der Waals surface area contributed by atoms with Crippen LogP contribution in [0.2, 0.25) is 0 Å². The number of aryl methyl sites for hydroxylation is 1. The number of fused-ring (bicyclic) bond motifs is 1. The van der Waals surface area contributed by atoms with Crippen molar-refractivity contribution in [1.29, 1.82) is 0 Å². The van der Waals surface area contributed by atoms with Crippen molar-refractivity contribution in [3.63, 3.8) is 0 Å². The minimum Gasteiger partial charge on any atom is -0.469 e. The summed E-state index contributed by atoms with van der Waals surface area (Å²) in [6.45, 7) is 5.58. The number of carbonyl (C=O) groups excluding carboxylic acids is 2. The van der Waals surface area contributed by atoms with E-state index in [1.54, 1.807) is 0 Å². The summed E-state index contributed by atoms with van der Waals surface area (Å²) >= 11 is 0. The number of hydrogen-bond acceptors (Lipinski definition) is 3. The van der Waals surface area contributed by atoms with Crippen LogP contribution in [0.1, 0.15) is 32.8 Å². The molecular formula is C17H22N2O3. The molecule has 0 spiro atoms. The molecule has 2 aromatic rings. The number of methoxy groups -OCH3 is 1. The molecule has 5 nitrogen and oxygen atoms in total. The number of ether oxygens (including phenoxy) is 1. The van der Waals surface area contributed by atoms with Crippen LogP contribution in [-0.4, -0.2) is 24.0 Å². The molecule has 2 N–H and O–H groups in total. The van der Waals surface area contributed by atoms with Gasteiger partial charge in [-0.15, -0.1) is 0 Å². The maximum Gasteiger partial charge on any atom is 0.305 e. The number of benzene rings is 1. The molecule has 0 aliphatic carbocycles. The summed E-state index contributed by atoms with van der Waals surface area (Å²) in [6, 6.07) is 7.79. The van der Waals surface area contributed by atoms with Gasteiger partial charge in [-0.05, 0) is 12.5 Å². The zero-order valence-corrected chi connectivity index (χ0v) is 13.4. The molecule has 0 saturated heterocycles. The third-order valence-corrected chi connectivity index (χ3v) is 3.54. The highest BCUT2D eigenvalue weighted by Gasteiger charge is 2.23. The number of para-hydroxylation sites is 1. The van der Waals surface area contributed by atoms with Gasteiger partial charge in [0.1, 0.15) is 5.82 Å². The van der Waals surface area contributed by atoms with Gasteiger partial charge in [0.05, 0.1) is 7.11 Å². The number of rotatable bonds is 4. The van der Waals surface area contributed by atoms with E-state index in [4.69, 9.17) is 4.74 Å². The molecule has 22 heavy (non-hydrogen) atoms. The lowest BCUT2D eigenvalue weighted by molar-refractivity contribution is -0.140. The average molecular weight is 302 g/mol. The van der Waals surface area contributed by atoms with Crippen LogP contribution < -0.4 is 5.32 Å². The van der Waals surface area contributed by atoms with Gasteiger partial charge in [0.2, 0.25) is 5.91 Å². The fourth-order valence-corrected chi connectivity index (χ4v) is 2.20. The number of esters is 1. The van der Waals surface area contributed by atoms with Gasteiger partial charge in [0.15, 0.2) is 0 Å².